The first-order valence-corrected chi connectivity index (χ1v) is 7.30. The van der Waals surface area contributed by atoms with Gasteiger partial charge in [-0.05, 0) is 52.4 Å². The molecule has 0 bridgehead atoms. The van der Waals surface area contributed by atoms with Crippen molar-refractivity contribution in [3.05, 3.63) is 75.6 Å². The molecule has 2 aromatic carbocycles. The predicted molar refractivity (Wildman–Crippen MR) is 86.5 cm³/mol. The lowest BCUT2D eigenvalue weighted by Crippen LogP contribution is -2.16. The van der Waals surface area contributed by atoms with Gasteiger partial charge in [0.25, 0.3) is 0 Å². The van der Waals surface area contributed by atoms with E-state index in [1.807, 2.05) is 54.6 Å². The summed E-state index contributed by atoms with van der Waals surface area (Å²) in [6, 6.07) is 17.8. The lowest BCUT2D eigenvalue weighted by molar-refractivity contribution is 0.719. The second-order valence-electron chi connectivity index (χ2n) is 4.44. The molecular weight excluding hydrogens is 363 g/mol. The third-order valence-corrected chi connectivity index (χ3v) is 3.84. The number of aromatic nitrogens is 3. The Morgan fingerprint density at radius 3 is 2.40 bits per heavy atom. The molecule has 0 spiro atoms. The van der Waals surface area contributed by atoms with E-state index in [4.69, 9.17) is 5.73 Å². The lowest BCUT2D eigenvalue weighted by atomic mass is 10.1. The summed E-state index contributed by atoms with van der Waals surface area (Å²) in [5.41, 5.74) is 9.22. The minimum Gasteiger partial charge on any atom is -0.319 e. The zero-order valence-corrected chi connectivity index (χ0v) is 12.8. The van der Waals surface area contributed by atoms with Crippen molar-refractivity contribution in [1.82, 2.24) is 15.0 Å². The highest BCUT2D eigenvalue weighted by Crippen LogP contribution is 2.21. The van der Waals surface area contributed by atoms with Crippen molar-refractivity contribution in [1.29, 1.82) is 0 Å². The Labute approximate surface area is 130 Å². The van der Waals surface area contributed by atoms with Crippen molar-refractivity contribution in [2.24, 2.45) is 5.73 Å². The molecule has 4 nitrogen and oxygen atoms in total. The molecular formula is C15H13IN4. The molecule has 3 rings (SSSR count). The van der Waals surface area contributed by atoms with E-state index in [9.17, 15) is 0 Å². The zero-order valence-electron chi connectivity index (χ0n) is 10.6. The van der Waals surface area contributed by atoms with E-state index in [0.29, 0.717) is 0 Å². The Morgan fingerprint density at radius 1 is 1.00 bits per heavy atom. The van der Waals surface area contributed by atoms with Crippen molar-refractivity contribution in [3.8, 4) is 5.69 Å². The summed E-state index contributed by atoms with van der Waals surface area (Å²) in [7, 11) is 0. The maximum absolute atomic E-state index is 6.35. The van der Waals surface area contributed by atoms with Crippen LogP contribution in [-0.2, 0) is 0 Å². The quantitative estimate of drug-likeness (QED) is 0.716. The van der Waals surface area contributed by atoms with Gasteiger partial charge in [-0.3, -0.25) is 0 Å². The normalized spacial score (nSPS) is 12.3. The number of benzene rings is 2. The van der Waals surface area contributed by atoms with Gasteiger partial charge in [0.05, 0.1) is 23.6 Å². The van der Waals surface area contributed by atoms with Crippen LogP contribution in [0.15, 0.2) is 60.8 Å². The van der Waals surface area contributed by atoms with Crippen LogP contribution in [0, 0.1) is 3.57 Å². The van der Waals surface area contributed by atoms with Crippen molar-refractivity contribution in [3.63, 3.8) is 0 Å². The van der Waals surface area contributed by atoms with Gasteiger partial charge < -0.3 is 5.73 Å². The first-order chi connectivity index (χ1) is 9.75. The summed E-state index contributed by atoms with van der Waals surface area (Å²) in [5.74, 6) is 0. The van der Waals surface area contributed by atoms with Gasteiger partial charge in [-0.25, -0.2) is 4.68 Å². The topological polar surface area (TPSA) is 56.7 Å². The first kappa shape index (κ1) is 13.3. The van der Waals surface area contributed by atoms with Gasteiger partial charge in [-0.15, -0.1) is 5.10 Å². The van der Waals surface area contributed by atoms with Crippen molar-refractivity contribution < 1.29 is 0 Å². The van der Waals surface area contributed by atoms with Crippen LogP contribution in [-0.4, -0.2) is 15.0 Å². The maximum atomic E-state index is 6.35. The van der Waals surface area contributed by atoms with Gasteiger partial charge >= 0.3 is 0 Å². The van der Waals surface area contributed by atoms with Gasteiger partial charge in [0.1, 0.15) is 0 Å². The Kier molecular flexibility index (Phi) is 3.79. The second kappa shape index (κ2) is 5.72. The van der Waals surface area contributed by atoms with Crippen LogP contribution in [0.5, 0.6) is 0 Å². The Morgan fingerprint density at radius 2 is 1.70 bits per heavy atom. The number of hydrogen-bond donors (Lipinski definition) is 1. The zero-order chi connectivity index (χ0) is 13.9. The van der Waals surface area contributed by atoms with Crippen LogP contribution in [0.3, 0.4) is 0 Å². The number of hydrogen-bond acceptors (Lipinski definition) is 3. The van der Waals surface area contributed by atoms with E-state index in [2.05, 4.69) is 32.9 Å². The molecule has 0 fully saturated rings. The summed E-state index contributed by atoms with van der Waals surface area (Å²) >= 11 is 2.28. The van der Waals surface area contributed by atoms with Crippen LogP contribution in [0.4, 0.5) is 0 Å². The fraction of sp³-hybridized carbons (Fsp3) is 0.0667. The summed E-state index contributed by atoms with van der Waals surface area (Å²) in [6.45, 7) is 0. The fourth-order valence-electron chi connectivity index (χ4n) is 2.07. The SMILES string of the molecule is NC(c1ccc(I)cc1)c1cnnn1-c1ccccc1. The Hall–Kier alpha value is -1.73. The monoisotopic (exact) mass is 376 g/mol. The molecule has 1 aromatic heterocycles. The standard InChI is InChI=1S/C15H13IN4/c16-12-8-6-11(7-9-12)15(17)14-10-18-19-20(14)13-4-2-1-3-5-13/h1-10,15H,17H2. The molecule has 1 heterocycles. The van der Waals surface area contributed by atoms with Gasteiger partial charge in [-0.1, -0.05) is 35.5 Å². The molecule has 0 amide bonds. The molecule has 0 saturated carbocycles. The van der Waals surface area contributed by atoms with Gasteiger partial charge in [0.15, 0.2) is 0 Å². The molecule has 2 N–H and O–H groups in total. The largest absolute Gasteiger partial charge is 0.319 e. The molecule has 0 radical (unpaired) electrons. The third kappa shape index (κ3) is 2.59. The molecule has 0 aliphatic rings. The lowest BCUT2D eigenvalue weighted by Gasteiger charge is -2.13. The molecule has 0 aliphatic heterocycles. The Bertz CT molecular complexity index is 691. The molecule has 0 saturated heterocycles. The van der Waals surface area contributed by atoms with E-state index < -0.39 is 0 Å². The molecule has 0 aliphatic carbocycles. The molecule has 1 atom stereocenters. The van der Waals surface area contributed by atoms with Crippen LogP contribution >= 0.6 is 22.6 Å². The molecule has 1 unspecified atom stereocenters. The first-order valence-electron chi connectivity index (χ1n) is 6.23. The minimum atomic E-state index is -0.248. The van der Waals surface area contributed by atoms with Gasteiger partial charge in [-0.2, -0.15) is 0 Å². The van der Waals surface area contributed by atoms with E-state index in [-0.39, 0.29) is 6.04 Å². The fourth-order valence-corrected chi connectivity index (χ4v) is 2.43. The van der Waals surface area contributed by atoms with Gasteiger partial charge in [0.2, 0.25) is 0 Å². The molecule has 20 heavy (non-hydrogen) atoms. The minimum absolute atomic E-state index is 0.248. The number of rotatable bonds is 3. The van der Waals surface area contributed by atoms with Crippen LogP contribution in [0.1, 0.15) is 17.3 Å². The van der Waals surface area contributed by atoms with E-state index in [1.54, 1.807) is 10.9 Å². The smallest absolute Gasteiger partial charge is 0.0858 e. The van der Waals surface area contributed by atoms with Crippen LogP contribution in [0.2, 0.25) is 0 Å². The third-order valence-electron chi connectivity index (χ3n) is 3.12. The second-order valence-corrected chi connectivity index (χ2v) is 5.68. The van der Waals surface area contributed by atoms with E-state index in [1.165, 1.54) is 3.57 Å². The number of nitrogens with two attached hydrogens (primary N) is 1. The highest BCUT2D eigenvalue weighted by molar-refractivity contribution is 14.1. The van der Waals surface area contributed by atoms with Crippen molar-refractivity contribution >= 4 is 22.6 Å². The number of nitrogens with zero attached hydrogens (tertiary/aromatic N) is 3. The average Bonchev–Trinajstić information content (AvgIpc) is 2.97. The summed E-state index contributed by atoms with van der Waals surface area (Å²) in [6.07, 6.45) is 1.72. The summed E-state index contributed by atoms with van der Waals surface area (Å²) in [4.78, 5) is 0. The molecule has 3 aromatic rings. The Balaban J connectivity index is 1.99. The summed E-state index contributed by atoms with van der Waals surface area (Å²) in [5, 5.41) is 8.13. The highest BCUT2D eigenvalue weighted by Gasteiger charge is 2.15. The van der Waals surface area contributed by atoms with Crippen LogP contribution in [0.25, 0.3) is 5.69 Å². The van der Waals surface area contributed by atoms with Crippen LogP contribution < -0.4 is 5.73 Å². The van der Waals surface area contributed by atoms with Crippen molar-refractivity contribution in [2.45, 2.75) is 6.04 Å². The molecule has 5 heteroatoms. The average molecular weight is 376 g/mol. The maximum Gasteiger partial charge on any atom is 0.0858 e. The van der Waals surface area contributed by atoms with E-state index in [0.717, 1.165) is 16.9 Å². The van der Waals surface area contributed by atoms with Crippen molar-refractivity contribution in [2.75, 3.05) is 0 Å². The molecule has 100 valence electrons. The predicted octanol–water partition coefficient (Wildman–Crippen LogP) is 2.92. The number of para-hydroxylation sites is 1. The van der Waals surface area contributed by atoms with Gasteiger partial charge in [0, 0.05) is 3.57 Å². The number of halogens is 1. The summed E-state index contributed by atoms with van der Waals surface area (Å²) < 4.78 is 2.97. The highest BCUT2D eigenvalue weighted by atomic mass is 127. The van der Waals surface area contributed by atoms with E-state index >= 15 is 0 Å².